The molecule has 2 amide bonds. The number of methoxy groups -OCH3 is 1. The standard InChI is InChI=1S/C27H28N4O3S/c1-18-23-16-24(35-27(23)31(29-18)21-10-4-3-5-11-21)26(33)30(20-12-14-22(34-2)15-13-20)17-25(32)28-19-8-6-7-9-19/h3-5,10-16,19H,6-9,17H2,1-2H3,(H,28,32). The number of thiophene rings is 1. The summed E-state index contributed by atoms with van der Waals surface area (Å²) in [6.45, 7) is 1.90. The summed E-state index contributed by atoms with van der Waals surface area (Å²) in [6.07, 6.45) is 4.25. The first kappa shape index (κ1) is 23.1. The number of aryl methyl sites for hydroxylation is 1. The SMILES string of the molecule is COc1ccc(N(CC(=O)NC2CCCC2)C(=O)c2cc3c(C)nn(-c4ccccc4)c3s2)cc1. The second kappa shape index (κ2) is 9.92. The van der Waals surface area contributed by atoms with E-state index < -0.39 is 0 Å². The molecular weight excluding hydrogens is 460 g/mol. The predicted molar refractivity (Wildman–Crippen MR) is 139 cm³/mol. The zero-order valence-corrected chi connectivity index (χ0v) is 20.7. The van der Waals surface area contributed by atoms with Crippen molar-refractivity contribution in [3.05, 3.63) is 71.2 Å². The number of fused-ring (bicyclic) bond motifs is 1. The topological polar surface area (TPSA) is 76.5 Å². The molecule has 0 radical (unpaired) electrons. The number of hydrogen-bond donors (Lipinski definition) is 1. The van der Waals surface area contributed by atoms with Crippen molar-refractivity contribution < 1.29 is 14.3 Å². The lowest BCUT2D eigenvalue weighted by Crippen LogP contribution is -2.43. The Labute approximate surface area is 208 Å². The molecule has 1 fully saturated rings. The first-order valence-electron chi connectivity index (χ1n) is 11.8. The van der Waals surface area contributed by atoms with Crippen LogP contribution in [-0.4, -0.2) is 41.3 Å². The zero-order chi connectivity index (χ0) is 24.4. The molecule has 1 saturated carbocycles. The van der Waals surface area contributed by atoms with E-state index in [4.69, 9.17) is 4.74 Å². The van der Waals surface area contributed by atoms with Gasteiger partial charge in [-0.1, -0.05) is 31.0 Å². The third-order valence-corrected chi connectivity index (χ3v) is 7.51. The van der Waals surface area contributed by atoms with Gasteiger partial charge in [0.1, 0.15) is 17.1 Å². The number of carbonyl (C=O) groups excluding carboxylic acids is 2. The minimum atomic E-state index is -0.211. The van der Waals surface area contributed by atoms with Crippen molar-refractivity contribution in [2.45, 2.75) is 38.6 Å². The lowest BCUT2D eigenvalue weighted by atomic mass is 10.2. The van der Waals surface area contributed by atoms with E-state index in [1.807, 2.05) is 60.1 Å². The molecule has 35 heavy (non-hydrogen) atoms. The third kappa shape index (κ3) is 4.79. The van der Waals surface area contributed by atoms with Crippen molar-refractivity contribution in [3.63, 3.8) is 0 Å². The molecule has 4 aromatic rings. The number of benzene rings is 2. The summed E-state index contributed by atoms with van der Waals surface area (Å²) >= 11 is 1.39. The molecule has 8 heteroatoms. The molecule has 2 aromatic carbocycles. The van der Waals surface area contributed by atoms with Gasteiger partial charge in [0.25, 0.3) is 5.91 Å². The lowest BCUT2D eigenvalue weighted by molar-refractivity contribution is -0.120. The van der Waals surface area contributed by atoms with Gasteiger partial charge in [0.15, 0.2) is 0 Å². The van der Waals surface area contributed by atoms with E-state index in [0.29, 0.717) is 16.3 Å². The van der Waals surface area contributed by atoms with Crippen LogP contribution in [0.3, 0.4) is 0 Å². The van der Waals surface area contributed by atoms with Gasteiger partial charge in [-0.15, -0.1) is 11.3 Å². The van der Waals surface area contributed by atoms with Crippen molar-refractivity contribution in [3.8, 4) is 11.4 Å². The summed E-state index contributed by atoms with van der Waals surface area (Å²) in [5, 5.41) is 8.71. The Morgan fingerprint density at radius 2 is 1.83 bits per heavy atom. The molecule has 180 valence electrons. The van der Waals surface area contributed by atoms with E-state index in [2.05, 4.69) is 10.4 Å². The minimum Gasteiger partial charge on any atom is -0.497 e. The fraction of sp³-hybridized carbons (Fsp3) is 0.296. The summed E-state index contributed by atoms with van der Waals surface area (Å²) in [7, 11) is 1.60. The highest BCUT2D eigenvalue weighted by atomic mass is 32.1. The summed E-state index contributed by atoms with van der Waals surface area (Å²) in [5.74, 6) is 0.336. The number of para-hydroxylation sites is 1. The Balaban J connectivity index is 1.47. The molecule has 7 nitrogen and oxygen atoms in total. The zero-order valence-electron chi connectivity index (χ0n) is 19.9. The van der Waals surface area contributed by atoms with Crippen molar-refractivity contribution in [2.24, 2.45) is 0 Å². The van der Waals surface area contributed by atoms with E-state index in [1.165, 1.54) is 11.3 Å². The molecule has 2 heterocycles. The normalized spacial score (nSPS) is 13.8. The lowest BCUT2D eigenvalue weighted by Gasteiger charge is -2.23. The van der Waals surface area contributed by atoms with Gasteiger partial charge in [0, 0.05) is 17.1 Å². The second-order valence-electron chi connectivity index (χ2n) is 8.80. The number of aromatic nitrogens is 2. The molecule has 0 atom stereocenters. The van der Waals surface area contributed by atoms with Crippen LogP contribution >= 0.6 is 11.3 Å². The van der Waals surface area contributed by atoms with Gasteiger partial charge in [-0.05, 0) is 62.2 Å². The van der Waals surface area contributed by atoms with Gasteiger partial charge < -0.3 is 10.1 Å². The van der Waals surface area contributed by atoms with Crippen molar-refractivity contribution in [2.75, 3.05) is 18.6 Å². The van der Waals surface area contributed by atoms with Crippen LogP contribution in [0.5, 0.6) is 5.75 Å². The van der Waals surface area contributed by atoms with Crippen molar-refractivity contribution >= 4 is 39.1 Å². The maximum atomic E-state index is 13.8. The monoisotopic (exact) mass is 488 g/mol. The predicted octanol–water partition coefficient (Wildman–Crippen LogP) is 5.11. The summed E-state index contributed by atoms with van der Waals surface area (Å²) in [6, 6.07) is 19.2. The van der Waals surface area contributed by atoms with Crippen LogP contribution in [0, 0.1) is 6.92 Å². The Morgan fingerprint density at radius 1 is 1.11 bits per heavy atom. The Hall–Kier alpha value is -3.65. The van der Waals surface area contributed by atoms with Gasteiger partial charge in [-0.2, -0.15) is 5.10 Å². The molecule has 0 unspecified atom stereocenters. The highest BCUT2D eigenvalue weighted by Gasteiger charge is 2.26. The molecule has 1 N–H and O–H groups in total. The van der Waals surface area contributed by atoms with E-state index in [1.54, 1.807) is 24.1 Å². The van der Waals surface area contributed by atoms with Crippen LogP contribution in [-0.2, 0) is 4.79 Å². The van der Waals surface area contributed by atoms with E-state index in [0.717, 1.165) is 47.3 Å². The van der Waals surface area contributed by atoms with Crippen LogP contribution in [0.1, 0.15) is 41.0 Å². The number of carbonyl (C=O) groups is 2. The highest BCUT2D eigenvalue weighted by Crippen LogP contribution is 2.32. The van der Waals surface area contributed by atoms with E-state index >= 15 is 0 Å². The second-order valence-corrected chi connectivity index (χ2v) is 9.83. The largest absolute Gasteiger partial charge is 0.497 e. The maximum Gasteiger partial charge on any atom is 0.268 e. The molecule has 0 spiro atoms. The molecule has 2 aromatic heterocycles. The van der Waals surface area contributed by atoms with Crippen molar-refractivity contribution in [1.82, 2.24) is 15.1 Å². The van der Waals surface area contributed by atoms with Gasteiger partial charge in [0.2, 0.25) is 5.91 Å². The van der Waals surface area contributed by atoms with E-state index in [-0.39, 0.29) is 24.4 Å². The number of hydrogen-bond acceptors (Lipinski definition) is 5. The third-order valence-electron chi connectivity index (χ3n) is 6.41. The van der Waals surface area contributed by atoms with Crippen LogP contribution < -0.4 is 15.0 Å². The van der Waals surface area contributed by atoms with E-state index in [9.17, 15) is 9.59 Å². The van der Waals surface area contributed by atoms with Crippen LogP contribution in [0.2, 0.25) is 0 Å². The Bertz CT molecular complexity index is 1340. The fourth-order valence-electron chi connectivity index (χ4n) is 4.56. The van der Waals surface area contributed by atoms with Gasteiger partial charge >= 0.3 is 0 Å². The van der Waals surface area contributed by atoms with Crippen molar-refractivity contribution in [1.29, 1.82) is 0 Å². The number of ether oxygens (including phenoxy) is 1. The van der Waals surface area contributed by atoms with Crippen LogP contribution in [0.25, 0.3) is 15.9 Å². The van der Waals surface area contributed by atoms with Gasteiger partial charge in [-0.25, -0.2) is 4.68 Å². The Morgan fingerprint density at radius 3 is 2.51 bits per heavy atom. The fourth-order valence-corrected chi connectivity index (χ4v) is 5.69. The number of nitrogens with zero attached hydrogens (tertiary/aromatic N) is 3. The molecular formula is C27H28N4O3S. The summed E-state index contributed by atoms with van der Waals surface area (Å²) in [5.41, 5.74) is 2.44. The molecule has 1 aliphatic carbocycles. The first-order valence-corrected chi connectivity index (χ1v) is 12.6. The first-order chi connectivity index (χ1) is 17.0. The maximum absolute atomic E-state index is 13.8. The van der Waals surface area contributed by atoms with Crippen LogP contribution in [0.4, 0.5) is 5.69 Å². The summed E-state index contributed by atoms with van der Waals surface area (Å²) < 4.78 is 7.14. The number of anilines is 1. The van der Waals surface area contributed by atoms with Gasteiger partial charge in [-0.3, -0.25) is 14.5 Å². The average molecular weight is 489 g/mol. The number of amides is 2. The smallest absolute Gasteiger partial charge is 0.268 e. The quantitative estimate of drug-likeness (QED) is 0.392. The number of nitrogens with one attached hydrogen (secondary N) is 1. The molecule has 0 aliphatic heterocycles. The minimum absolute atomic E-state index is 0.0420. The van der Waals surface area contributed by atoms with Gasteiger partial charge in [0.05, 0.1) is 23.4 Å². The van der Waals surface area contributed by atoms with Crippen LogP contribution in [0.15, 0.2) is 60.7 Å². The molecule has 5 rings (SSSR count). The summed E-state index contributed by atoms with van der Waals surface area (Å²) in [4.78, 5) is 29.7. The number of rotatable bonds is 7. The average Bonchev–Trinajstić information content (AvgIpc) is 3.62. The highest BCUT2D eigenvalue weighted by molar-refractivity contribution is 7.20. The molecule has 1 aliphatic rings. The molecule has 0 bridgehead atoms. The molecule has 0 saturated heterocycles. The Kier molecular flexibility index (Phi) is 6.55.